The van der Waals surface area contributed by atoms with Gasteiger partial charge in [-0.15, -0.1) is 0 Å². The fraction of sp³-hybridized carbons (Fsp3) is 0.150. The highest BCUT2D eigenvalue weighted by atomic mass is 16.7. The van der Waals surface area contributed by atoms with Gasteiger partial charge in [0.25, 0.3) is 0 Å². The van der Waals surface area contributed by atoms with E-state index >= 15 is 0 Å². The molecule has 4 rings (SSSR count). The van der Waals surface area contributed by atoms with Crippen LogP contribution in [0.15, 0.2) is 54.7 Å². The number of nitrogens with one attached hydrogen (secondary N) is 3. The average molecular weight is 377 g/mol. The molecule has 142 valence electrons. The zero-order valence-corrected chi connectivity index (χ0v) is 15.2. The van der Waals surface area contributed by atoms with Gasteiger partial charge in [0, 0.05) is 36.6 Å². The summed E-state index contributed by atoms with van der Waals surface area (Å²) in [7, 11) is 0. The highest BCUT2D eigenvalue weighted by molar-refractivity contribution is 5.88. The minimum atomic E-state index is -0.108. The van der Waals surface area contributed by atoms with Crippen molar-refractivity contribution in [2.75, 3.05) is 22.7 Å². The van der Waals surface area contributed by atoms with Crippen LogP contribution in [0.3, 0.4) is 0 Å². The van der Waals surface area contributed by atoms with E-state index in [1.54, 1.807) is 12.3 Å². The molecule has 1 aliphatic heterocycles. The lowest BCUT2D eigenvalue weighted by atomic mass is 10.2. The van der Waals surface area contributed by atoms with Crippen molar-refractivity contribution in [1.82, 2.24) is 9.97 Å². The van der Waals surface area contributed by atoms with E-state index < -0.39 is 0 Å². The van der Waals surface area contributed by atoms with Gasteiger partial charge >= 0.3 is 0 Å². The average Bonchev–Trinajstić information content (AvgIpc) is 3.17. The van der Waals surface area contributed by atoms with Crippen LogP contribution in [0.5, 0.6) is 11.5 Å². The molecule has 2 heterocycles. The second-order valence-corrected chi connectivity index (χ2v) is 6.15. The van der Waals surface area contributed by atoms with Crippen LogP contribution in [-0.4, -0.2) is 22.7 Å². The first kappa shape index (κ1) is 17.6. The molecule has 0 bridgehead atoms. The zero-order valence-electron chi connectivity index (χ0n) is 15.2. The lowest BCUT2D eigenvalue weighted by Gasteiger charge is -2.10. The number of fused-ring (bicyclic) bond motifs is 1. The van der Waals surface area contributed by atoms with Gasteiger partial charge in [0.2, 0.25) is 18.6 Å². The number of rotatable bonds is 6. The van der Waals surface area contributed by atoms with E-state index in [0.29, 0.717) is 18.3 Å². The molecule has 2 aromatic carbocycles. The van der Waals surface area contributed by atoms with E-state index in [0.717, 1.165) is 28.4 Å². The number of anilines is 4. The SMILES string of the molecule is CC(=O)Nc1ccc(Nc2nccc(NCc3cccc4c3OCO4)n2)cc1. The number of aromatic nitrogens is 2. The molecule has 28 heavy (non-hydrogen) atoms. The molecule has 8 nitrogen and oxygen atoms in total. The first-order chi connectivity index (χ1) is 13.7. The van der Waals surface area contributed by atoms with E-state index in [1.807, 2.05) is 42.5 Å². The fourth-order valence-electron chi connectivity index (χ4n) is 2.80. The first-order valence-electron chi connectivity index (χ1n) is 8.76. The normalized spacial score (nSPS) is 11.8. The number of ether oxygens (including phenoxy) is 2. The Morgan fingerprint density at radius 3 is 2.71 bits per heavy atom. The number of hydrogen-bond donors (Lipinski definition) is 3. The van der Waals surface area contributed by atoms with Gasteiger partial charge in [0.05, 0.1) is 0 Å². The Kier molecular flexibility index (Phi) is 4.92. The topological polar surface area (TPSA) is 97.4 Å². The molecule has 3 aromatic rings. The van der Waals surface area contributed by atoms with Gasteiger partial charge in [-0.25, -0.2) is 4.98 Å². The van der Waals surface area contributed by atoms with Crippen LogP contribution in [0.1, 0.15) is 12.5 Å². The molecule has 0 atom stereocenters. The minimum absolute atomic E-state index is 0.108. The van der Waals surface area contributed by atoms with Gasteiger partial charge < -0.3 is 25.4 Å². The molecule has 0 saturated carbocycles. The smallest absolute Gasteiger partial charge is 0.231 e. The summed E-state index contributed by atoms with van der Waals surface area (Å²) in [5.74, 6) is 2.57. The van der Waals surface area contributed by atoms with Crippen molar-refractivity contribution >= 4 is 29.0 Å². The summed E-state index contributed by atoms with van der Waals surface area (Å²) < 4.78 is 10.9. The van der Waals surface area contributed by atoms with Gasteiger partial charge in [-0.2, -0.15) is 4.98 Å². The van der Waals surface area contributed by atoms with E-state index in [1.165, 1.54) is 6.92 Å². The highest BCUT2D eigenvalue weighted by Gasteiger charge is 2.16. The summed E-state index contributed by atoms with van der Waals surface area (Å²) in [6.07, 6.45) is 1.68. The fourth-order valence-corrected chi connectivity index (χ4v) is 2.80. The Morgan fingerprint density at radius 1 is 1.07 bits per heavy atom. The third-order valence-electron chi connectivity index (χ3n) is 4.06. The molecule has 0 aliphatic carbocycles. The molecule has 0 radical (unpaired) electrons. The highest BCUT2D eigenvalue weighted by Crippen LogP contribution is 2.35. The zero-order chi connectivity index (χ0) is 19.3. The Hall–Kier alpha value is -3.81. The number of benzene rings is 2. The predicted molar refractivity (Wildman–Crippen MR) is 106 cm³/mol. The monoisotopic (exact) mass is 377 g/mol. The quantitative estimate of drug-likeness (QED) is 0.605. The van der Waals surface area contributed by atoms with E-state index in [9.17, 15) is 4.79 Å². The van der Waals surface area contributed by atoms with Crippen LogP contribution < -0.4 is 25.4 Å². The number of carbonyl (C=O) groups excluding carboxylic acids is 1. The molecule has 1 aromatic heterocycles. The number of para-hydroxylation sites is 1. The summed E-state index contributed by atoms with van der Waals surface area (Å²) in [5.41, 5.74) is 2.55. The molecule has 1 aliphatic rings. The van der Waals surface area contributed by atoms with Gasteiger partial charge in [-0.1, -0.05) is 12.1 Å². The van der Waals surface area contributed by atoms with Crippen LogP contribution in [0.25, 0.3) is 0 Å². The maximum absolute atomic E-state index is 11.1. The number of amides is 1. The molecule has 1 amide bonds. The molecule has 0 spiro atoms. The van der Waals surface area contributed by atoms with Crippen molar-refractivity contribution in [1.29, 1.82) is 0 Å². The van der Waals surface area contributed by atoms with Crippen LogP contribution in [0.2, 0.25) is 0 Å². The molecule has 0 unspecified atom stereocenters. The molecule has 0 fully saturated rings. The number of hydrogen-bond acceptors (Lipinski definition) is 7. The maximum atomic E-state index is 11.1. The summed E-state index contributed by atoms with van der Waals surface area (Å²) in [6.45, 7) is 2.27. The predicted octanol–water partition coefficient (Wildman–Crippen LogP) is 3.52. The van der Waals surface area contributed by atoms with E-state index in [4.69, 9.17) is 9.47 Å². The summed E-state index contributed by atoms with van der Waals surface area (Å²) in [4.78, 5) is 19.8. The maximum Gasteiger partial charge on any atom is 0.231 e. The second kappa shape index (κ2) is 7.83. The lowest BCUT2D eigenvalue weighted by Crippen LogP contribution is -2.06. The summed E-state index contributed by atoms with van der Waals surface area (Å²) in [6, 6.07) is 14.9. The molecular formula is C20H19N5O3. The van der Waals surface area contributed by atoms with Gasteiger partial charge in [-0.05, 0) is 36.4 Å². The van der Waals surface area contributed by atoms with Crippen molar-refractivity contribution < 1.29 is 14.3 Å². The standard InChI is InChI=1S/C20H19N5O3/c1-13(26)23-15-5-7-16(8-6-15)24-20-21-10-9-18(25-20)22-11-14-3-2-4-17-19(14)28-12-27-17/h2-10H,11-12H2,1H3,(H,23,26)(H2,21,22,24,25). The third-order valence-corrected chi connectivity index (χ3v) is 4.06. The van der Waals surface area contributed by atoms with Crippen LogP contribution in [0.4, 0.5) is 23.1 Å². The Morgan fingerprint density at radius 2 is 1.89 bits per heavy atom. The van der Waals surface area contributed by atoms with E-state index in [-0.39, 0.29) is 12.7 Å². The van der Waals surface area contributed by atoms with E-state index in [2.05, 4.69) is 25.9 Å². The van der Waals surface area contributed by atoms with Crippen molar-refractivity contribution in [3.63, 3.8) is 0 Å². The Labute approximate surface area is 161 Å². The van der Waals surface area contributed by atoms with Gasteiger partial charge in [0.1, 0.15) is 5.82 Å². The number of carbonyl (C=O) groups is 1. The van der Waals surface area contributed by atoms with Crippen LogP contribution in [-0.2, 0) is 11.3 Å². The van der Waals surface area contributed by atoms with Crippen molar-refractivity contribution in [2.24, 2.45) is 0 Å². The summed E-state index contributed by atoms with van der Waals surface area (Å²) >= 11 is 0. The van der Waals surface area contributed by atoms with Crippen molar-refractivity contribution in [2.45, 2.75) is 13.5 Å². The van der Waals surface area contributed by atoms with Crippen LogP contribution in [0, 0.1) is 0 Å². The molecule has 3 N–H and O–H groups in total. The largest absolute Gasteiger partial charge is 0.454 e. The second-order valence-electron chi connectivity index (χ2n) is 6.15. The summed E-state index contributed by atoms with van der Waals surface area (Å²) in [5, 5.41) is 9.15. The Bertz CT molecular complexity index is 991. The van der Waals surface area contributed by atoms with Gasteiger partial charge in [0.15, 0.2) is 11.5 Å². The molecular weight excluding hydrogens is 358 g/mol. The minimum Gasteiger partial charge on any atom is -0.454 e. The number of nitrogens with zero attached hydrogens (tertiary/aromatic N) is 2. The Balaban J connectivity index is 1.41. The van der Waals surface area contributed by atoms with Crippen molar-refractivity contribution in [3.8, 4) is 11.5 Å². The van der Waals surface area contributed by atoms with Crippen LogP contribution >= 0.6 is 0 Å². The third kappa shape index (κ3) is 4.12. The van der Waals surface area contributed by atoms with Crippen molar-refractivity contribution in [3.05, 3.63) is 60.3 Å². The lowest BCUT2D eigenvalue weighted by molar-refractivity contribution is -0.114. The molecule has 0 saturated heterocycles. The first-order valence-corrected chi connectivity index (χ1v) is 8.76. The van der Waals surface area contributed by atoms with Gasteiger partial charge in [-0.3, -0.25) is 4.79 Å². The molecule has 8 heteroatoms.